The van der Waals surface area contributed by atoms with E-state index >= 15 is 0 Å². The minimum absolute atomic E-state index is 0.265. The molecule has 0 unspecified atom stereocenters. The van der Waals surface area contributed by atoms with Gasteiger partial charge in [0, 0.05) is 0 Å². The molecule has 86 valence electrons. The lowest BCUT2D eigenvalue weighted by atomic mass is 10.2. The van der Waals surface area contributed by atoms with Gasteiger partial charge >= 0.3 is 6.18 Å². The zero-order valence-corrected chi connectivity index (χ0v) is 8.44. The van der Waals surface area contributed by atoms with Gasteiger partial charge in [0.1, 0.15) is 11.6 Å². The first-order valence-electron chi connectivity index (χ1n) is 4.65. The second-order valence-electron chi connectivity index (χ2n) is 3.26. The summed E-state index contributed by atoms with van der Waals surface area (Å²) in [6, 6.07) is 9.35. The molecule has 2 rings (SSSR count). The van der Waals surface area contributed by atoms with E-state index in [2.05, 4.69) is 5.10 Å². The van der Waals surface area contributed by atoms with Crippen LogP contribution in [0.25, 0.3) is 5.69 Å². The molecule has 6 heteroatoms. The summed E-state index contributed by atoms with van der Waals surface area (Å²) >= 11 is 0. The highest BCUT2D eigenvalue weighted by Gasteiger charge is 2.38. The molecule has 1 heterocycles. The summed E-state index contributed by atoms with van der Waals surface area (Å²) in [5.41, 5.74) is -1.27. The fraction of sp³-hybridized carbons (Fsp3) is 0.0909. The summed E-state index contributed by atoms with van der Waals surface area (Å²) in [6.07, 6.45) is -3.70. The van der Waals surface area contributed by atoms with Crippen LogP contribution in [0.1, 0.15) is 11.3 Å². The molecule has 17 heavy (non-hydrogen) atoms. The van der Waals surface area contributed by atoms with E-state index in [0.717, 1.165) is 10.9 Å². The first-order valence-corrected chi connectivity index (χ1v) is 4.65. The molecule has 2 aromatic rings. The molecule has 0 bridgehead atoms. The number of halogens is 3. The van der Waals surface area contributed by atoms with Gasteiger partial charge in [-0.15, -0.1) is 0 Å². The van der Waals surface area contributed by atoms with Gasteiger partial charge in [0.15, 0.2) is 5.69 Å². The third-order valence-electron chi connectivity index (χ3n) is 2.16. The lowest BCUT2D eigenvalue weighted by molar-refractivity contribution is -0.143. The molecule has 0 spiro atoms. The van der Waals surface area contributed by atoms with Crippen LogP contribution in [0.5, 0.6) is 0 Å². The minimum Gasteiger partial charge on any atom is -0.227 e. The van der Waals surface area contributed by atoms with Gasteiger partial charge in [-0.1, -0.05) is 18.2 Å². The normalized spacial score (nSPS) is 11.2. The number of hydrogen-bond acceptors (Lipinski definition) is 2. The third-order valence-corrected chi connectivity index (χ3v) is 2.16. The highest BCUT2D eigenvalue weighted by atomic mass is 19.4. The second kappa shape index (κ2) is 3.94. The molecule has 1 aromatic heterocycles. The van der Waals surface area contributed by atoms with Crippen LogP contribution in [0.15, 0.2) is 36.5 Å². The molecule has 0 fully saturated rings. The second-order valence-corrected chi connectivity index (χ2v) is 3.26. The molecular weight excluding hydrogens is 231 g/mol. The summed E-state index contributed by atoms with van der Waals surface area (Å²) in [7, 11) is 0. The van der Waals surface area contributed by atoms with Crippen LogP contribution >= 0.6 is 0 Å². The first-order chi connectivity index (χ1) is 8.04. The van der Waals surface area contributed by atoms with Crippen molar-refractivity contribution in [3.63, 3.8) is 0 Å². The van der Waals surface area contributed by atoms with E-state index in [1.807, 2.05) is 0 Å². The van der Waals surface area contributed by atoms with Crippen molar-refractivity contribution < 1.29 is 13.2 Å². The standard InChI is InChI=1S/C11H6F3N3/c12-11(13,14)10-8(6-15)7-16-17(10)9-4-2-1-3-5-9/h1-5,7H. The van der Waals surface area contributed by atoms with E-state index in [1.54, 1.807) is 18.2 Å². The fourth-order valence-electron chi connectivity index (χ4n) is 1.47. The quantitative estimate of drug-likeness (QED) is 0.765. The highest BCUT2D eigenvalue weighted by Crippen LogP contribution is 2.33. The van der Waals surface area contributed by atoms with Gasteiger partial charge in [-0.25, -0.2) is 4.68 Å². The molecule has 0 atom stereocenters. The van der Waals surface area contributed by atoms with Crippen LogP contribution in [0.4, 0.5) is 13.2 Å². The number of nitriles is 1. The lowest BCUT2D eigenvalue weighted by Gasteiger charge is -2.10. The Morgan fingerprint density at radius 2 is 1.82 bits per heavy atom. The van der Waals surface area contributed by atoms with Crippen LogP contribution in [0, 0.1) is 11.3 Å². The molecule has 0 amide bonds. The number of hydrogen-bond donors (Lipinski definition) is 0. The molecule has 0 radical (unpaired) electrons. The predicted octanol–water partition coefficient (Wildman–Crippen LogP) is 2.76. The zero-order valence-electron chi connectivity index (χ0n) is 8.44. The average Bonchev–Trinajstić information content (AvgIpc) is 2.73. The van der Waals surface area contributed by atoms with Gasteiger partial charge in [0.2, 0.25) is 0 Å². The van der Waals surface area contributed by atoms with Gasteiger partial charge in [0.25, 0.3) is 0 Å². The summed E-state index contributed by atoms with van der Waals surface area (Å²) in [5, 5.41) is 12.2. The van der Waals surface area contributed by atoms with Crippen LogP contribution < -0.4 is 0 Å². The Hall–Kier alpha value is -2.29. The molecule has 3 nitrogen and oxygen atoms in total. The average molecular weight is 237 g/mol. The van der Waals surface area contributed by atoms with Crippen molar-refractivity contribution in [2.45, 2.75) is 6.18 Å². The Morgan fingerprint density at radius 3 is 2.35 bits per heavy atom. The SMILES string of the molecule is N#Cc1cnn(-c2ccccc2)c1C(F)(F)F. The monoisotopic (exact) mass is 237 g/mol. The van der Waals surface area contributed by atoms with E-state index in [-0.39, 0.29) is 5.69 Å². The molecule has 0 saturated heterocycles. The Labute approximate surface area is 94.7 Å². The van der Waals surface area contributed by atoms with Crippen molar-refractivity contribution in [2.24, 2.45) is 0 Å². The Morgan fingerprint density at radius 1 is 1.18 bits per heavy atom. The number of para-hydroxylation sites is 1. The van der Waals surface area contributed by atoms with Crippen molar-refractivity contribution in [3.05, 3.63) is 47.8 Å². The number of nitrogens with zero attached hydrogens (tertiary/aromatic N) is 3. The molecule has 0 saturated carbocycles. The number of benzene rings is 1. The van der Waals surface area contributed by atoms with Crippen molar-refractivity contribution in [1.82, 2.24) is 9.78 Å². The number of aromatic nitrogens is 2. The van der Waals surface area contributed by atoms with Gasteiger partial charge in [-0.05, 0) is 12.1 Å². The van der Waals surface area contributed by atoms with Gasteiger partial charge < -0.3 is 0 Å². The van der Waals surface area contributed by atoms with E-state index in [0.29, 0.717) is 0 Å². The zero-order chi connectivity index (χ0) is 12.5. The number of rotatable bonds is 1. The van der Waals surface area contributed by atoms with E-state index in [4.69, 9.17) is 5.26 Å². The van der Waals surface area contributed by atoms with Gasteiger partial charge in [-0.3, -0.25) is 0 Å². The van der Waals surface area contributed by atoms with Crippen molar-refractivity contribution in [2.75, 3.05) is 0 Å². The Bertz CT molecular complexity index is 564. The maximum atomic E-state index is 12.8. The minimum atomic E-state index is -4.61. The van der Waals surface area contributed by atoms with Crippen molar-refractivity contribution in [3.8, 4) is 11.8 Å². The Balaban J connectivity index is 2.65. The third kappa shape index (κ3) is 1.99. The molecule has 0 N–H and O–H groups in total. The van der Waals surface area contributed by atoms with Crippen LogP contribution in [-0.2, 0) is 6.18 Å². The summed E-state index contributed by atoms with van der Waals surface area (Å²) in [6.45, 7) is 0. The van der Waals surface area contributed by atoms with Crippen molar-refractivity contribution >= 4 is 0 Å². The van der Waals surface area contributed by atoms with E-state index in [1.165, 1.54) is 18.2 Å². The lowest BCUT2D eigenvalue weighted by Crippen LogP contribution is -2.14. The predicted molar refractivity (Wildman–Crippen MR) is 53.3 cm³/mol. The van der Waals surface area contributed by atoms with Gasteiger partial charge in [-0.2, -0.15) is 23.5 Å². The summed E-state index contributed by atoms with van der Waals surface area (Å²) < 4.78 is 39.1. The van der Waals surface area contributed by atoms with Crippen LogP contribution in [-0.4, -0.2) is 9.78 Å². The van der Waals surface area contributed by atoms with E-state index in [9.17, 15) is 13.2 Å². The molecule has 0 aliphatic heterocycles. The Kier molecular flexibility index (Phi) is 2.60. The summed E-state index contributed by atoms with van der Waals surface area (Å²) in [4.78, 5) is 0. The topological polar surface area (TPSA) is 41.6 Å². The largest absolute Gasteiger partial charge is 0.434 e. The fourth-order valence-corrected chi connectivity index (χ4v) is 1.47. The molecule has 0 aliphatic carbocycles. The van der Waals surface area contributed by atoms with Gasteiger partial charge in [0.05, 0.1) is 11.9 Å². The van der Waals surface area contributed by atoms with Crippen molar-refractivity contribution in [1.29, 1.82) is 5.26 Å². The van der Waals surface area contributed by atoms with E-state index < -0.39 is 17.4 Å². The molecule has 0 aliphatic rings. The van der Waals surface area contributed by atoms with Crippen LogP contribution in [0.2, 0.25) is 0 Å². The van der Waals surface area contributed by atoms with Crippen LogP contribution in [0.3, 0.4) is 0 Å². The highest BCUT2D eigenvalue weighted by molar-refractivity contribution is 5.40. The molecule has 1 aromatic carbocycles. The maximum absolute atomic E-state index is 12.8. The number of alkyl halides is 3. The smallest absolute Gasteiger partial charge is 0.227 e. The molecular formula is C11H6F3N3. The first kappa shape index (κ1) is 11.2. The summed E-state index contributed by atoms with van der Waals surface area (Å²) in [5.74, 6) is 0. The maximum Gasteiger partial charge on any atom is 0.434 e.